The first-order valence-electron chi connectivity index (χ1n) is 9.43. The predicted molar refractivity (Wildman–Crippen MR) is 109 cm³/mol. The van der Waals surface area contributed by atoms with Crippen LogP contribution in [0, 0.1) is 5.92 Å². The summed E-state index contributed by atoms with van der Waals surface area (Å²) in [6.07, 6.45) is 3.14. The number of fused-ring (bicyclic) bond motifs is 1. The van der Waals surface area contributed by atoms with E-state index in [-0.39, 0.29) is 29.6 Å². The van der Waals surface area contributed by atoms with Crippen LogP contribution in [0.1, 0.15) is 29.6 Å². The van der Waals surface area contributed by atoms with Crippen molar-refractivity contribution in [3.8, 4) is 0 Å². The molecule has 4 rings (SSSR count). The van der Waals surface area contributed by atoms with Gasteiger partial charge in [-0.15, -0.1) is 11.3 Å². The number of thiophene rings is 1. The number of aryl methyl sites for hydroxylation is 1. The molecule has 7 heteroatoms. The molecule has 1 saturated heterocycles. The van der Waals surface area contributed by atoms with Gasteiger partial charge in [-0.2, -0.15) is 0 Å². The third kappa shape index (κ3) is 3.75. The Bertz CT molecular complexity index is 1050. The van der Waals surface area contributed by atoms with E-state index in [1.165, 1.54) is 22.2 Å². The van der Waals surface area contributed by atoms with E-state index in [9.17, 15) is 14.4 Å². The van der Waals surface area contributed by atoms with E-state index in [4.69, 9.17) is 0 Å². The maximum absolute atomic E-state index is 12.6. The molecule has 0 unspecified atom stereocenters. The normalized spacial score (nSPS) is 15.1. The van der Waals surface area contributed by atoms with Crippen molar-refractivity contribution in [2.24, 2.45) is 5.92 Å². The van der Waals surface area contributed by atoms with E-state index in [1.54, 1.807) is 11.0 Å². The fourth-order valence-electron chi connectivity index (χ4n) is 3.66. The van der Waals surface area contributed by atoms with Gasteiger partial charge in [0.05, 0.1) is 11.7 Å². The first kappa shape index (κ1) is 18.6. The number of carbonyl (C=O) groups is 2. The van der Waals surface area contributed by atoms with Crippen LogP contribution in [0.15, 0.2) is 52.9 Å². The van der Waals surface area contributed by atoms with Crippen molar-refractivity contribution in [2.75, 3.05) is 13.1 Å². The minimum absolute atomic E-state index is 0.0166. The highest BCUT2D eigenvalue weighted by atomic mass is 32.1. The van der Waals surface area contributed by atoms with Crippen molar-refractivity contribution in [3.05, 3.63) is 64.0 Å². The van der Waals surface area contributed by atoms with Crippen LogP contribution >= 0.6 is 11.3 Å². The molecular formula is C21H21N3O3S. The van der Waals surface area contributed by atoms with Gasteiger partial charge >= 0.3 is 0 Å². The van der Waals surface area contributed by atoms with E-state index in [2.05, 4.69) is 4.98 Å². The first-order valence-corrected chi connectivity index (χ1v) is 10.3. The smallest absolute Gasteiger partial charge is 0.262 e. The van der Waals surface area contributed by atoms with Gasteiger partial charge in [-0.05, 0) is 24.3 Å². The van der Waals surface area contributed by atoms with Crippen LogP contribution < -0.4 is 5.56 Å². The molecule has 28 heavy (non-hydrogen) atoms. The summed E-state index contributed by atoms with van der Waals surface area (Å²) in [5.41, 5.74) is 0.634. The predicted octanol–water partition coefficient (Wildman–Crippen LogP) is 2.97. The van der Waals surface area contributed by atoms with Crippen molar-refractivity contribution in [1.29, 1.82) is 0 Å². The zero-order chi connectivity index (χ0) is 19.5. The number of nitrogens with zero attached hydrogens (tertiary/aromatic N) is 3. The van der Waals surface area contributed by atoms with Crippen LogP contribution in [0.2, 0.25) is 0 Å². The quantitative estimate of drug-likeness (QED) is 0.623. The topological polar surface area (TPSA) is 72.3 Å². The minimum Gasteiger partial charge on any atom is -0.343 e. The van der Waals surface area contributed by atoms with Crippen molar-refractivity contribution >= 4 is 33.2 Å². The van der Waals surface area contributed by atoms with Crippen molar-refractivity contribution < 1.29 is 9.59 Å². The Balaban J connectivity index is 1.32. The number of aromatic nitrogens is 2. The molecule has 3 aromatic rings. The molecule has 1 aliphatic heterocycles. The Hall–Kier alpha value is -2.80. The largest absolute Gasteiger partial charge is 0.343 e. The lowest BCUT2D eigenvalue weighted by Gasteiger charge is -2.31. The van der Waals surface area contributed by atoms with Crippen LogP contribution in [-0.4, -0.2) is 39.2 Å². The Morgan fingerprint density at radius 2 is 1.86 bits per heavy atom. The van der Waals surface area contributed by atoms with Crippen LogP contribution in [0.5, 0.6) is 0 Å². The minimum atomic E-state index is -0.105. The molecule has 0 radical (unpaired) electrons. The van der Waals surface area contributed by atoms with Crippen molar-refractivity contribution in [2.45, 2.75) is 25.8 Å². The second kappa shape index (κ2) is 8.06. The van der Waals surface area contributed by atoms with Gasteiger partial charge < -0.3 is 4.90 Å². The highest BCUT2D eigenvalue weighted by molar-refractivity contribution is 7.16. The summed E-state index contributed by atoms with van der Waals surface area (Å²) in [6, 6.07) is 11.1. The van der Waals surface area contributed by atoms with Gasteiger partial charge in [0.15, 0.2) is 5.78 Å². The van der Waals surface area contributed by atoms with E-state index < -0.39 is 0 Å². The van der Waals surface area contributed by atoms with Gasteiger partial charge in [0.25, 0.3) is 5.56 Å². The number of rotatable bonds is 5. The van der Waals surface area contributed by atoms with E-state index in [0.717, 1.165) is 10.4 Å². The molecule has 3 heterocycles. The molecule has 6 nitrogen and oxygen atoms in total. The number of benzene rings is 1. The van der Waals surface area contributed by atoms with Gasteiger partial charge in [-0.1, -0.05) is 30.3 Å². The summed E-state index contributed by atoms with van der Waals surface area (Å²) in [4.78, 5) is 44.3. The van der Waals surface area contributed by atoms with Gasteiger partial charge in [-0.3, -0.25) is 19.0 Å². The fraction of sp³-hybridized carbons (Fsp3) is 0.333. The SMILES string of the molecule is O=C(c1ccccc1)C1CCN(C(=O)CCn2cnc3sccc3c2=O)CC1. The van der Waals surface area contributed by atoms with Crippen LogP contribution in [0.25, 0.3) is 10.2 Å². The molecule has 0 bridgehead atoms. The van der Waals surface area contributed by atoms with Crippen molar-refractivity contribution in [3.63, 3.8) is 0 Å². The summed E-state index contributed by atoms with van der Waals surface area (Å²) in [7, 11) is 0. The number of hydrogen-bond acceptors (Lipinski definition) is 5. The van der Waals surface area contributed by atoms with Crippen molar-refractivity contribution in [1.82, 2.24) is 14.5 Å². The number of Topliss-reactive ketones (excluding diaryl/α,β-unsaturated/α-hetero) is 1. The average molecular weight is 395 g/mol. The number of hydrogen-bond donors (Lipinski definition) is 0. The molecule has 0 saturated carbocycles. The first-order chi connectivity index (χ1) is 13.6. The molecule has 0 spiro atoms. The molecule has 1 fully saturated rings. The lowest BCUT2D eigenvalue weighted by Crippen LogP contribution is -2.40. The average Bonchev–Trinajstić information content (AvgIpc) is 3.23. The lowest BCUT2D eigenvalue weighted by atomic mass is 9.89. The van der Waals surface area contributed by atoms with Gasteiger partial charge in [-0.25, -0.2) is 4.98 Å². The number of ketones is 1. The lowest BCUT2D eigenvalue weighted by molar-refractivity contribution is -0.132. The maximum atomic E-state index is 12.6. The van der Waals surface area contributed by atoms with Crippen LogP contribution in [-0.2, 0) is 11.3 Å². The molecule has 2 aromatic heterocycles. The Morgan fingerprint density at radius 1 is 1.11 bits per heavy atom. The van der Waals surface area contributed by atoms with Gasteiger partial charge in [0.2, 0.25) is 5.91 Å². The number of likely N-dealkylation sites (tertiary alicyclic amines) is 1. The van der Waals surface area contributed by atoms with Gasteiger partial charge in [0, 0.05) is 37.5 Å². The second-order valence-electron chi connectivity index (χ2n) is 7.02. The summed E-state index contributed by atoms with van der Waals surface area (Å²) in [5.74, 6) is 0.150. The molecule has 0 aliphatic carbocycles. The number of carbonyl (C=O) groups excluding carboxylic acids is 2. The zero-order valence-electron chi connectivity index (χ0n) is 15.4. The molecule has 144 valence electrons. The summed E-state index contributed by atoms with van der Waals surface area (Å²) >= 11 is 1.43. The summed E-state index contributed by atoms with van der Waals surface area (Å²) in [6.45, 7) is 1.48. The van der Waals surface area contributed by atoms with E-state index in [1.807, 2.05) is 35.7 Å². The Labute approximate surface area is 166 Å². The standard InChI is InChI=1S/C21H21N3O3S/c25-18(8-12-24-14-22-20-17(21(24)27)9-13-28-20)23-10-6-16(7-11-23)19(26)15-4-2-1-3-5-15/h1-5,9,13-14,16H,6-8,10-12H2. The molecular weight excluding hydrogens is 374 g/mol. The third-order valence-corrected chi connectivity index (χ3v) is 6.11. The van der Waals surface area contributed by atoms with Gasteiger partial charge in [0.1, 0.15) is 4.83 Å². The molecule has 0 N–H and O–H groups in total. The molecule has 1 amide bonds. The molecule has 0 atom stereocenters. The second-order valence-corrected chi connectivity index (χ2v) is 7.91. The van der Waals surface area contributed by atoms with E-state index >= 15 is 0 Å². The number of piperidine rings is 1. The van der Waals surface area contributed by atoms with Crippen LogP contribution in [0.3, 0.4) is 0 Å². The highest BCUT2D eigenvalue weighted by Crippen LogP contribution is 2.22. The number of amides is 1. The fourth-order valence-corrected chi connectivity index (χ4v) is 4.38. The zero-order valence-corrected chi connectivity index (χ0v) is 16.2. The monoisotopic (exact) mass is 395 g/mol. The highest BCUT2D eigenvalue weighted by Gasteiger charge is 2.27. The Kier molecular flexibility index (Phi) is 5.34. The van der Waals surface area contributed by atoms with Crippen LogP contribution in [0.4, 0.5) is 0 Å². The third-order valence-electron chi connectivity index (χ3n) is 5.29. The molecule has 1 aliphatic rings. The van der Waals surface area contributed by atoms with E-state index in [0.29, 0.717) is 37.9 Å². The maximum Gasteiger partial charge on any atom is 0.262 e. The molecule has 1 aromatic carbocycles. The summed E-state index contributed by atoms with van der Waals surface area (Å²) < 4.78 is 1.50. The Morgan fingerprint density at radius 3 is 2.61 bits per heavy atom. The summed E-state index contributed by atoms with van der Waals surface area (Å²) in [5, 5.41) is 2.44.